The Hall–Kier alpha value is -3.25. The molecule has 1 aliphatic heterocycles. The van der Waals surface area contributed by atoms with Crippen molar-refractivity contribution in [3.63, 3.8) is 0 Å². The van der Waals surface area contributed by atoms with E-state index in [9.17, 15) is 22.8 Å². The smallest absolute Gasteiger partial charge is 0.307 e. The van der Waals surface area contributed by atoms with E-state index < -0.39 is 34.0 Å². The fourth-order valence-corrected chi connectivity index (χ4v) is 5.49. The van der Waals surface area contributed by atoms with Crippen LogP contribution < -0.4 is 14.9 Å². The van der Waals surface area contributed by atoms with Gasteiger partial charge >= 0.3 is 5.97 Å². The van der Waals surface area contributed by atoms with Crippen molar-refractivity contribution < 1.29 is 27.5 Å². The number of fused-ring (bicyclic) bond motifs is 1. The summed E-state index contributed by atoms with van der Waals surface area (Å²) in [5, 5.41) is 2.75. The van der Waals surface area contributed by atoms with Gasteiger partial charge in [-0.2, -0.15) is 0 Å². The maximum atomic E-state index is 13.2. The number of amides is 2. The van der Waals surface area contributed by atoms with Crippen LogP contribution in [-0.2, 0) is 36.2 Å². The second-order valence-electron chi connectivity index (χ2n) is 8.48. The second-order valence-corrected chi connectivity index (χ2v) is 10.2. The lowest BCUT2D eigenvalue weighted by Crippen LogP contribution is -2.61. The molecule has 0 saturated heterocycles. The van der Waals surface area contributed by atoms with Gasteiger partial charge in [-0.15, -0.1) is 0 Å². The lowest BCUT2D eigenvalue weighted by atomic mass is 9.90. The second kappa shape index (κ2) is 9.18. The van der Waals surface area contributed by atoms with Crippen molar-refractivity contribution >= 4 is 39.2 Å². The summed E-state index contributed by atoms with van der Waals surface area (Å²) in [6, 6.07) is 7.02. The summed E-state index contributed by atoms with van der Waals surface area (Å²) in [7, 11) is -2.19. The van der Waals surface area contributed by atoms with Gasteiger partial charge in [-0.25, -0.2) is 18.1 Å². The number of esters is 1. The van der Waals surface area contributed by atoms with Gasteiger partial charge in [-0.1, -0.05) is 25.0 Å². The largest absolute Gasteiger partial charge is 0.456 e. The van der Waals surface area contributed by atoms with Crippen molar-refractivity contribution in [3.05, 3.63) is 36.3 Å². The molecule has 1 spiro atoms. The van der Waals surface area contributed by atoms with Crippen LogP contribution in [0.25, 0.3) is 0 Å². The predicted molar refractivity (Wildman–Crippen MR) is 122 cm³/mol. The summed E-state index contributed by atoms with van der Waals surface area (Å²) >= 11 is 0. The molecule has 2 aromatic rings. The van der Waals surface area contributed by atoms with Crippen LogP contribution in [0.1, 0.15) is 37.9 Å². The third-order valence-electron chi connectivity index (χ3n) is 6.26. The first-order chi connectivity index (χ1) is 16.1. The summed E-state index contributed by atoms with van der Waals surface area (Å²) in [6.07, 6.45) is 3.80. The van der Waals surface area contributed by atoms with E-state index in [1.807, 2.05) is 0 Å². The molecule has 182 valence electrons. The molecule has 1 aromatic heterocycles. The van der Waals surface area contributed by atoms with Gasteiger partial charge in [-0.3, -0.25) is 19.3 Å². The van der Waals surface area contributed by atoms with Crippen LogP contribution >= 0.6 is 0 Å². The number of benzene rings is 1. The van der Waals surface area contributed by atoms with Crippen molar-refractivity contribution in [1.82, 2.24) is 14.3 Å². The maximum Gasteiger partial charge on any atom is 0.307 e. The number of aromatic nitrogens is 2. The van der Waals surface area contributed by atoms with Crippen LogP contribution in [0.5, 0.6) is 0 Å². The molecule has 34 heavy (non-hydrogen) atoms. The number of nitrogens with zero attached hydrogens (tertiary/aromatic N) is 3. The lowest BCUT2D eigenvalue weighted by Gasteiger charge is -2.44. The third kappa shape index (κ3) is 4.42. The number of anilines is 2. The topological polar surface area (TPSA) is 140 Å². The van der Waals surface area contributed by atoms with Crippen molar-refractivity contribution in [2.75, 3.05) is 23.4 Å². The van der Waals surface area contributed by atoms with Crippen LogP contribution in [0.4, 0.5) is 11.4 Å². The van der Waals surface area contributed by atoms with Gasteiger partial charge in [0.2, 0.25) is 0 Å². The first-order valence-electron chi connectivity index (χ1n) is 11.0. The van der Waals surface area contributed by atoms with E-state index in [1.165, 1.54) is 11.1 Å². The minimum Gasteiger partial charge on any atom is -0.456 e. The molecule has 4 rings (SSSR count). The lowest BCUT2D eigenvalue weighted by molar-refractivity contribution is -0.148. The molecule has 1 saturated carbocycles. The van der Waals surface area contributed by atoms with Crippen molar-refractivity contribution in [2.24, 2.45) is 7.05 Å². The summed E-state index contributed by atoms with van der Waals surface area (Å²) in [5.74, 6) is -0.931. The highest BCUT2D eigenvalue weighted by atomic mass is 32.2. The van der Waals surface area contributed by atoms with E-state index in [1.54, 1.807) is 42.8 Å². The van der Waals surface area contributed by atoms with Gasteiger partial charge in [0.1, 0.15) is 11.4 Å². The summed E-state index contributed by atoms with van der Waals surface area (Å²) in [6.45, 7) is 0.922. The van der Waals surface area contributed by atoms with Gasteiger partial charge in [-0.05, 0) is 31.9 Å². The molecule has 2 N–H and O–H groups in total. The molecular weight excluding hydrogens is 462 g/mol. The van der Waals surface area contributed by atoms with Crippen molar-refractivity contribution in [3.8, 4) is 0 Å². The molecule has 2 heterocycles. The Kier molecular flexibility index (Phi) is 6.45. The Morgan fingerprint density at radius 3 is 2.62 bits per heavy atom. The normalized spacial score (nSPS) is 16.9. The van der Waals surface area contributed by atoms with E-state index in [4.69, 9.17) is 4.74 Å². The number of nitrogens with one attached hydrogen (secondary N) is 2. The number of carbonyl (C=O) groups is 3. The molecule has 0 radical (unpaired) electrons. The zero-order valence-electron chi connectivity index (χ0n) is 19.0. The van der Waals surface area contributed by atoms with Crippen molar-refractivity contribution in [2.45, 2.75) is 49.6 Å². The fourth-order valence-electron chi connectivity index (χ4n) is 4.42. The number of imidazole rings is 1. The van der Waals surface area contributed by atoms with Gasteiger partial charge < -0.3 is 14.6 Å². The highest BCUT2D eigenvalue weighted by Crippen LogP contribution is 2.45. The molecule has 2 aliphatic rings. The molecule has 1 aromatic carbocycles. The third-order valence-corrected chi connectivity index (χ3v) is 7.60. The van der Waals surface area contributed by atoms with Crippen LogP contribution in [0.3, 0.4) is 0 Å². The minimum absolute atomic E-state index is 0.139. The first-order valence-corrected chi connectivity index (χ1v) is 12.5. The molecule has 11 nitrogen and oxygen atoms in total. The Balaban J connectivity index is 1.37. The van der Waals surface area contributed by atoms with Crippen LogP contribution in [0, 0.1) is 6.92 Å². The SMILES string of the molecule is Cc1nc(S(=O)(=O)NCCC(=O)OCC(=O)N2c3ccccc3NC(=O)C23CCCC3)cn1C. The molecule has 12 heteroatoms. The Bertz CT molecular complexity index is 1210. The molecule has 0 bridgehead atoms. The van der Waals surface area contributed by atoms with E-state index >= 15 is 0 Å². The van der Waals surface area contributed by atoms with E-state index in [0.717, 1.165) is 12.8 Å². The average Bonchev–Trinajstić information content (AvgIpc) is 3.41. The van der Waals surface area contributed by atoms with Gasteiger partial charge in [0.05, 0.1) is 17.8 Å². The Morgan fingerprint density at radius 2 is 1.94 bits per heavy atom. The zero-order valence-corrected chi connectivity index (χ0v) is 19.9. The van der Waals surface area contributed by atoms with Gasteiger partial charge in [0.25, 0.3) is 21.8 Å². The maximum absolute atomic E-state index is 13.2. The molecule has 1 fully saturated rings. The highest BCUT2D eigenvalue weighted by Gasteiger charge is 2.52. The number of hydrogen-bond donors (Lipinski definition) is 2. The number of sulfonamides is 1. The standard InChI is InChI=1S/C22H27N5O6S/c1-15-24-18(13-26(15)2)34(31,32)23-12-9-20(29)33-14-19(28)27-17-8-4-3-7-16(17)25-21(30)22(27)10-5-6-11-22/h3-4,7-8,13,23H,5-6,9-12,14H2,1-2H3,(H,25,30). The summed E-state index contributed by atoms with van der Waals surface area (Å²) in [5.41, 5.74) is 0.112. The molecule has 0 atom stereocenters. The van der Waals surface area contributed by atoms with E-state index in [0.29, 0.717) is 30.0 Å². The number of para-hydroxylation sites is 2. The summed E-state index contributed by atoms with van der Waals surface area (Å²) in [4.78, 5) is 43.7. The number of carbonyl (C=O) groups excluding carboxylic acids is 3. The molecular formula is C22H27N5O6S. The number of ether oxygens (including phenoxy) is 1. The molecule has 1 aliphatic carbocycles. The average molecular weight is 490 g/mol. The van der Waals surface area contributed by atoms with Crippen LogP contribution in [-0.4, -0.2) is 54.4 Å². The van der Waals surface area contributed by atoms with Gasteiger partial charge in [0.15, 0.2) is 11.6 Å². The number of rotatable bonds is 7. The van der Waals surface area contributed by atoms with Gasteiger partial charge in [0, 0.05) is 19.8 Å². The number of hydrogen-bond acceptors (Lipinski definition) is 7. The molecule has 2 amide bonds. The summed E-state index contributed by atoms with van der Waals surface area (Å²) < 4.78 is 33.6. The highest BCUT2D eigenvalue weighted by molar-refractivity contribution is 7.89. The first kappa shape index (κ1) is 23.9. The van der Waals surface area contributed by atoms with E-state index in [-0.39, 0.29) is 23.9 Å². The molecule has 0 unspecified atom stereocenters. The van der Waals surface area contributed by atoms with E-state index in [2.05, 4.69) is 15.0 Å². The Labute approximate surface area is 197 Å². The quantitative estimate of drug-likeness (QED) is 0.558. The minimum atomic E-state index is -3.87. The fraction of sp³-hybridized carbons (Fsp3) is 0.455. The van der Waals surface area contributed by atoms with Crippen LogP contribution in [0.2, 0.25) is 0 Å². The predicted octanol–water partition coefficient (Wildman–Crippen LogP) is 1.24. The van der Waals surface area contributed by atoms with Crippen LogP contribution in [0.15, 0.2) is 35.5 Å². The monoisotopic (exact) mass is 489 g/mol. The van der Waals surface area contributed by atoms with Crippen molar-refractivity contribution in [1.29, 1.82) is 0 Å². The number of aryl methyl sites for hydroxylation is 2. The zero-order chi connectivity index (χ0) is 24.5. The Morgan fingerprint density at radius 1 is 1.24 bits per heavy atom.